The van der Waals surface area contributed by atoms with Crippen LogP contribution in [0.3, 0.4) is 0 Å². The Balaban J connectivity index is 1.52. The Morgan fingerprint density at radius 1 is 1.26 bits per heavy atom. The van der Waals surface area contributed by atoms with E-state index in [1.807, 2.05) is 24.3 Å². The molecule has 0 spiro atoms. The van der Waals surface area contributed by atoms with Crippen LogP contribution < -0.4 is 10.6 Å². The lowest BCUT2D eigenvalue weighted by atomic mass is 9.88. The van der Waals surface area contributed by atoms with Crippen LogP contribution in [0.5, 0.6) is 0 Å². The average molecular weight is 260 g/mol. The number of carbonyl (C=O) groups is 1. The van der Waals surface area contributed by atoms with Crippen molar-refractivity contribution < 1.29 is 9.90 Å². The Hall–Kier alpha value is -1.39. The van der Waals surface area contributed by atoms with E-state index in [4.69, 9.17) is 5.11 Å². The lowest BCUT2D eigenvalue weighted by Crippen LogP contribution is -2.37. The zero-order valence-corrected chi connectivity index (χ0v) is 10.9. The van der Waals surface area contributed by atoms with Gasteiger partial charge in [-0.1, -0.05) is 24.3 Å². The van der Waals surface area contributed by atoms with Crippen LogP contribution in [0.25, 0.3) is 0 Å². The minimum Gasteiger partial charge on any atom is -0.392 e. The first-order valence-electron chi connectivity index (χ1n) is 6.98. The highest BCUT2D eigenvalue weighted by molar-refractivity contribution is 5.80. The zero-order valence-electron chi connectivity index (χ0n) is 10.9. The summed E-state index contributed by atoms with van der Waals surface area (Å²) in [6, 6.07) is 8.63. The van der Waals surface area contributed by atoms with E-state index in [0.717, 1.165) is 24.0 Å². The van der Waals surface area contributed by atoms with E-state index in [-0.39, 0.29) is 18.4 Å². The number of nitrogens with one attached hydrogen (secondary N) is 2. The van der Waals surface area contributed by atoms with Gasteiger partial charge in [-0.3, -0.25) is 4.79 Å². The Morgan fingerprint density at radius 2 is 2.00 bits per heavy atom. The summed E-state index contributed by atoms with van der Waals surface area (Å²) in [6.45, 7) is 0.627. The van der Waals surface area contributed by atoms with Crippen LogP contribution in [0, 0.1) is 5.92 Å². The first-order valence-corrected chi connectivity index (χ1v) is 6.98. The molecule has 3 unspecified atom stereocenters. The van der Waals surface area contributed by atoms with E-state index >= 15 is 0 Å². The SMILES string of the molecule is O=C(NCc1ccc(CO)cc1)C1CC2CCC1N2. The van der Waals surface area contributed by atoms with Gasteiger partial charge < -0.3 is 15.7 Å². The molecule has 0 radical (unpaired) electrons. The lowest BCUT2D eigenvalue weighted by Gasteiger charge is -2.19. The van der Waals surface area contributed by atoms with Crippen molar-refractivity contribution in [3.63, 3.8) is 0 Å². The summed E-state index contributed by atoms with van der Waals surface area (Å²) in [5.41, 5.74) is 1.97. The molecule has 4 heteroatoms. The van der Waals surface area contributed by atoms with Gasteiger partial charge in [-0.2, -0.15) is 0 Å². The molecule has 19 heavy (non-hydrogen) atoms. The van der Waals surface area contributed by atoms with Crippen LogP contribution in [0.15, 0.2) is 24.3 Å². The minimum atomic E-state index is 0.0590. The topological polar surface area (TPSA) is 61.4 Å². The van der Waals surface area contributed by atoms with Crippen LogP contribution in [-0.4, -0.2) is 23.1 Å². The van der Waals surface area contributed by atoms with Crippen molar-refractivity contribution in [3.8, 4) is 0 Å². The van der Waals surface area contributed by atoms with Crippen molar-refractivity contribution in [1.29, 1.82) is 0 Å². The zero-order chi connectivity index (χ0) is 13.2. The third-order valence-corrected chi connectivity index (χ3v) is 4.31. The summed E-state index contributed by atoms with van der Waals surface area (Å²) in [5.74, 6) is 0.321. The van der Waals surface area contributed by atoms with Crippen molar-refractivity contribution >= 4 is 5.91 Å². The molecule has 0 saturated carbocycles. The normalized spacial score (nSPS) is 28.6. The van der Waals surface area contributed by atoms with Crippen molar-refractivity contribution in [2.45, 2.75) is 44.5 Å². The molecule has 102 valence electrons. The quantitative estimate of drug-likeness (QED) is 0.755. The van der Waals surface area contributed by atoms with E-state index in [2.05, 4.69) is 10.6 Å². The Kier molecular flexibility index (Phi) is 3.53. The predicted molar refractivity (Wildman–Crippen MR) is 72.3 cm³/mol. The summed E-state index contributed by atoms with van der Waals surface area (Å²) < 4.78 is 0. The molecule has 0 aromatic heterocycles. The van der Waals surface area contributed by atoms with Gasteiger partial charge in [-0.25, -0.2) is 0 Å². The van der Waals surface area contributed by atoms with Crippen LogP contribution >= 0.6 is 0 Å². The summed E-state index contributed by atoms with van der Waals surface area (Å²) in [5, 5.41) is 15.5. The molecular formula is C15H20N2O2. The number of amides is 1. The molecule has 2 saturated heterocycles. The minimum absolute atomic E-state index is 0.0590. The Morgan fingerprint density at radius 3 is 2.58 bits per heavy atom. The van der Waals surface area contributed by atoms with Crippen molar-refractivity contribution in [2.24, 2.45) is 5.92 Å². The van der Waals surface area contributed by atoms with Gasteiger partial charge in [0.2, 0.25) is 5.91 Å². The van der Waals surface area contributed by atoms with Crippen LogP contribution in [0.2, 0.25) is 0 Å². The van der Waals surface area contributed by atoms with E-state index in [0.29, 0.717) is 18.6 Å². The van der Waals surface area contributed by atoms with Crippen molar-refractivity contribution in [3.05, 3.63) is 35.4 Å². The second-order valence-corrected chi connectivity index (χ2v) is 5.58. The highest BCUT2D eigenvalue weighted by Gasteiger charge is 2.42. The van der Waals surface area contributed by atoms with Gasteiger partial charge in [0.15, 0.2) is 0 Å². The maximum Gasteiger partial charge on any atom is 0.225 e. The smallest absolute Gasteiger partial charge is 0.225 e. The molecule has 3 N–H and O–H groups in total. The fraction of sp³-hybridized carbons (Fsp3) is 0.533. The van der Waals surface area contributed by atoms with Crippen molar-refractivity contribution in [2.75, 3.05) is 0 Å². The first kappa shape index (κ1) is 12.6. The largest absolute Gasteiger partial charge is 0.392 e. The fourth-order valence-corrected chi connectivity index (χ4v) is 3.20. The van der Waals surface area contributed by atoms with Gasteiger partial charge in [-0.05, 0) is 30.4 Å². The average Bonchev–Trinajstić information content (AvgIpc) is 3.08. The number of benzene rings is 1. The molecule has 1 aromatic carbocycles. The molecule has 2 aliphatic rings. The molecule has 2 bridgehead atoms. The maximum absolute atomic E-state index is 12.1. The molecular weight excluding hydrogens is 240 g/mol. The monoisotopic (exact) mass is 260 g/mol. The highest BCUT2D eigenvalue weighted by atomic mass is 16.3. The van der Waals surface area contributed by atoms with Gasteiger partial charge in [0, 0.05) is 18.6 Å². The number of carbonyl (C=O) groups excluding carboxylic acids is 1. The maximum atomic E-state index is 12.1. The summed E-state index contributed by atoms with van der Waals surface area (Å²) in [7, 11) is 0. The molecule has 2 fully saturated rings. The summed E-state index contributed by atoms with van der Waals surface area (Å²) in [6.07, 6.45) is 3.34. The number of fused-ring (bicyclic) bond motifs is 2. The molecule has 1 amide bonds. The summed E-state index contributed by atoms with van der Waals surface area (Å²) in [4.78, 5) is 12.1. The van der Waals surface area contributed by atoms with Gasteiger partial charge in [0.1, 0.15) is 0 Å². The van der Waals surface area contributed by atoms with E-state index in [1.54, 1.807) is 0 Å². The predicted octanol–water partition coefficient (Wildman–Crippen LogP) is 0.936. The van der Waals surface area contributed by atoms with Gasteiger partial charge in [0.05, 0.1) is 12.5 Å². The lowest BCUT2D eigenvalue weighted by molar-refractivity contribution is -0.125. The number of hydrogen-bond acceptors (Lipinski definition) is 3. The highest BCUT2D eigenvalue weighted by Crippen LogP contribution is 2.33. The molecule has 3 rings (SSSR count). The standard InChI is InChI=1S/C15H20N2O2/c18-9-11-3-1-10(2-4-11)8-16-15(19)13-7-12-5-6-14(13)17-12/h1-4,12-14,17-18H,5-9H2,(H,16,19). The second-order valence-electron chi connectivity index (χ2n) is 5.58. The molecule has 2 heterocycles. The third-order valence-electron chi connectivity index (χ3n) is 4.31. The molecule has 2 aliphatic heterocycles. The molecule has 3 atom stereocenters. The van der Waals surface area contributed by atoms with Crippen LogP contribution in [0.1, 0.15) is 30.4 Å². The number of rotatable bonds is 4. The molecule has 0 aliphatic carbocycles. The van der Waals surface area contributed by atoms with Crippen LogP contribution in [0.4, 0.5) is 0 Å². The third kappa shape index (κ3) is 2.65. The second kappa shape index (κ2) is 5.31. The Bertz CT molecular complexity index is 458. The summed E-state index contributed by atoms with van der Waals surface area (Å²) >= 11 is 0. The molecule has 1 aromatic rings. The van der Waals surface area contributed by atoms with Crippen LogP contribution in [-0.2, 0) is 17.9 Å². The first-order chi connectivity index (χ1) is 9.26. The van der Waals surface area contributed by atoms with E-state index in [9.17, 15) is 4.79 Å². The molecule has 4 nitrogen and oxygen atoms in total. The Labute approximate surface area is 113 Å². The number of aliphatic hydroxyl groups excluding tert-OH is 1. The van der Waals surface area contributed by atoms with E-state index in [1.165, 1.54) is 6.42 Å². The van der Waals surface area contributed by atoms with Crippen molar-refractivity contribution in [1.82, 2.24) is 10.6 Å². The van der Waals surface area contributed by atoms with Gasteiger partial charge in [-0.15, -0.1) is 0 Å². The van der Waals surface area contributed by atoms with Gasteiger partial charge in [0.25, 0.3) is 0 Å². The fourth-order valence-electron chi connectivity index (χ4n) is 3.20. The number of aliphatic hydroxyl groups is 1. The number of hydrogen-bond donors (Lipinski definition) is 3. The van der Waals surface area contributed by atoms with E-state index < -0.39 is 0 Å². The van der Waals surface area contributed by atoms with Gasteiger partial charge >= 0.3 is 0 Å².